The largest absolute Gasteiger partial charge is 0.419 e. The lowest BCUT2D eigenvalue weighted by Gasteiger charge is -2.41. The monoisotopic (exact) mass is 477 g/mol. The molecule has 34 heavy (non-hydrogen) atoms. The summed E-state index contributed by atoms with van der Waals surface area (Å²) in [6.07, 6.45) is -2.23. The van der Waals surface area contributed by atoms with Crippen LogP contribution in [-0.2, 0) is 22.9 Å². The Kier molecular flexibility index (Phi) is 5.34. The first-order valence-electron chi connectivity index (χ1n) is 11.5. The Morgan fingerprint density at radius 1 is 1.24 bits per heavy atom. The van der Waals surface area contributed by atoms with Gasteiger partial charge in [-0.15, -0.1) is 0 Å². The van der Waals surface area contributed by atoms with Crippen molar-refractivity contribution in [2.24, 2.45) is 0 Å². The van der Waals surface area contributed by atoms with Crippen LogP contribution in [0.15, 0.2) is 18.2 Å². The Morgan fingerprint density at radius 2 is 1.97 bits per heavy atom. The minimum Gasteiger partial charge on any atom is -0.363 e. The van der Waals surface area contributed by atoms with Crippen molar-refractivity contribution in [2.75, 3.05) is 25.5 Å². The predicted octanol–water partition coefficient (Wildman–Crippen LogP) is 4.19. The average Bonchev–Trinajstić information content (AvgIpc) is 3.52. The third-order valence-corrected chi connectivity index (χ3v) is 7.17. The van der Waals surface area contributed by atoms with Crippen LogP contribution in [0.1, 0.15) is 60.4 Å². The van der Waals surface area contributed by atoms with Gasteiger partial charge in [-0.05, 0) is 52.8 Å². The van der Waals surface area contributed by atoms with Gasteiger partial charge >= 0.3 is 6.18 Å². The molecule has 10 heteroatoms. The Hall–Kier alpha value is -2.75. The molecule has 5 rings (SSSR count). The predicted molar refractivity (Wildman–Crippen MR) is 118 cm³/mol. The van der Waals surface area contributed by atoms with Crippen LogP contribution in [0.2, 0.25) is 0 Å². The van der Waals surface area contributed by atoms with Crippen molar-refractivity contribution < 1.29 is 22.4 Å². The minimum absolute atomic E-state index is 0.0906. The fraction of sp³-hybridized carbons (Fsp3) is 0.542. The third kappa shape index (κ3) is 3.72. The van der Waals surface area contributed by atoms with Gasteiger partial charge in [0.05, 0.1) is 23.8 Å². The summed E-state index contributed by atoms with van der Waals surface area (Å²) in [5, 5.41) is 3.15. The molecule has 3 heterocycles. The fourth-order valence-corrected chi connectivity index (χ4v) is 5.31. The van der Waals surface area contributed by atoms with E-state index in [2.05, 4.69) is 15.2 Å². The maximum atomic E-state index is 14.8. The second kappa shape index (κ2) is 7.90. The Bertz CT molecular complexity index is 1150. The lowest BCUT2D eigenvalue weighted by atomic mass is 9.76. The maximum absolute atomic E-state index is 14.8. The van der Waals surface area contributed by atoms with Gasteiger partial charge in [-0.1, -0.05) is 12.1 Å². The summed E-state index contributed by atoms with van der Waals surface area (Å²) < 4.78 is 54.5. The number of carbonyl (C=O) groups excluding carboxylic acids is 1. The van der Waals surface area contributed by atoms with E-state index < -0.39 is 29.0 Å². The van der Waals surface area contributed by atoms with Gasteiger partial charge < -0.3 is 15.1 Å². The van der Waals surface area contributed by atoms with Crippen LogP contribution in [0.5, 0.6) is 0 Å². The van der Waals surface area contributed by atoms with E-state index in [0.717, 1.165) is 31.0 Å². The van der Waals surface area contributed by atoms with Gasteiger partial charge in [0, 0.05) is 23.7 Å². The van der Waals surface area contributed by atoms with Crippen molar-refractivity contribution in [1.29, 1.82) is 0 Å². The number of halogens is 4. The summed E-state index contributed by atoms with van der Waals surface area (Å²) in [6, 6.07) is 2.69. The number of aryl methyl sites for hydroxylation is 1. The van der Waals surface area contributed by atoms with E-state index in [0.29, 0.717) is 36.8 Å². The molecule has 2 fully saturated rings. The number of alkyl halides is 3. The van der Waals surface area contributed by atoms with Gasteiger partial charge in [0.2, 0.25) is 5.91 Å². The van der Waals surface area contributed by atoms with Crippen LogP contribution in [0.3, 0.4) is 0 Å². The summed E-state index contributed by atoms with van der Waals surface area (Å²) in [4.78, 5) is 26.9. The molecule has 1 saturated heterocycles. The van der Waals surface area contributed by atoms with Crippen molar-refractivity contribution >= 4 is 11.7 Å². The molecule has 1 unspecified atom stereocenters. The number of hydrogen-bond donors (Lipinski definition) is 1. The molecule has 182 valence electrons. The summed E-state index contributed by atoms with van der Waals surface area (Å²) in [5.74, 6) is -0.301. The summed E-state index contributed by atoms with van der Waals surface area (Å²) in [5.41, 5.74) is -0.698. The molecule has 0 radical (unpaired) electrons. The summed E-state index contributed by atoms with van der Waals surface area (Å²) in [6.45, 7) is 4.99. The highest BCUT2D eigenvalue weighted by Gasteiger charge is 2.55. The zero-order chi connectivity index (χ0) is 24.4. The number of nitrogens with one attached hydrogen (secondary N) is 1. The zero-order valence-corrected chi connectivity index (χ0v) is 19.3. The number of carbonyl (C=O) groups is 1. The number of benzene rings is 1. The van der Waals surface area contributed by atoms with Crippen LogP contribution in [-0.4, -0.2) is 51.9 Å². The van der Waals surface area contributed by atoms with E-state index in [1.54, 1.807) is 13.8 Å². The number of hydrogen-bond acceptors (Lipinski definition) is 5. The average molecular weight is 478 g/mol. The molecule has 0 bridgehead atoms. The molecule has 3 aliphatic rings. The Morgan fingerprint density at radius 3 is 2.59 bits per heavy atom. The van der Waals surface area contributed by atoms with Gasteiger partial charge in [0.1, 0.15) is 22.9 Å². The first-order valence-corrected chi connectivity index (χ1v) is 11.5. The topological polar surface area (TPSA) is 61.4 Å². The van der Waals surface area contributed by atoms with Crippen molar-refractivity contribution in [3.63, 3.8) is 0 Å². The smallest absolute Gasteiger partial charge is 0.363 e. The van der Waals surface area contributed by atoms with E-state index in [-0.39, 0.29) is 17.5 Å². The molecule has 2 aromatic rings. The molecule has 1 spiro atoms. The van der Waals surface area contributed by atoms with Crippen molar-refractivity contribution in [1.82, 2.24) is 19.8 Å². The molecule has 1 aliphatic carbocycles. The van der Waals surface area contributed by atoms with Gasteiger partial charge in [-0.25, -0.2) is 14.4 Å². The summed E-state index contributed by atoms with van der Waals surface area (Å²) >= 11 is 0. The molecule has 1 aromatic heterocycles. The molecule has 1 N–H and O–H groups in total. The van der Waals surface area contributed by atoms with Crippen molar-refractivity contribution in [2.45, 2.75) is 63.3 Å². The van der Waals surface area contributed by atoms with Crippen LogP contribution in [0, 0.1) is 12.7 Å². The van der Waals surface area contributed by atoms with Gasteiger partial charge in [0.15, 0.2) is 0 Å². The number of amides is 1. The number of likely N-dealkylation sites (tertiary alicyclic amines) is 1. The molecule has 6 nitrogen and oxygen atoms in total. The lowest BCUT2D eigenvalue weighted by Crippen LogP contribution is -2.54. The quantitative estimate of drug-likeness (QED) is 0.669. The standard InChI is InChI=1S/C24H27F4N5O/c1-13(16-5-4-6-18(19(16)25)24(26,27)28)29-21-17-11-33(15-7-8-15)22(34)23(9-10-32(3)12-23)20(17)30-14(2)31-21/h4-6,13,15H,7-12H2,1-3H3,(H,29,30,31)/t13-,23?/m1/s1. The first-order chi connectivity index (χ1) is 16.0. The molecule has 1 saturated carbocycles. The number of fused-ring (bicyclic) bond motifs is 2. The normalized spacial score (nSPS) is 24.0. The maximum Gasteiger partial charge on any atom is 0.419 e. The molecule has 2 aliphatic heterocycles. The molecular weight excluding hydrogens is 450 g/mol. The molecule has 2 atom stereocenters. The number of anilines is 1. The highest BCUT2D eigenvalue weighted by Crippen LogP contribution is 2.46. The lowest BCUT2D eigenvalue weighted by molar-refractivity contribution is -0.140. The van der Waals surface area contributed by atoms with E-state index in [1.807, 2.05) is 11.9 Å². The van der Waals surface area contributed by atoms with Gasteiger partial charge in [-0.3, -0.25) is 4.79 Å². The second-order valence-electron chi connectivity index (χ2n) is 9.75. The minimum atomic E-state index is -4.78. The SMILES string of the molecule is Cc1nc(N[C@H](C)c2cccc(C(F)(F)F)c2F)c2c(n1)C1(CCN(C)C1)C(=O)N(C1CC1)C2. The van der Waals surface area contributed by atoms with Gasteiger partial charge in [-0.2, -0.15) is 13.2 Å². The van der Waals surface area contributed by atoms with Crippen LogP contribution in [0.25, 0.3) is 0 Å². The first kappa shape index (κ1) is 23.0. The fourth-order valence-electron chi connectivity index (χ4n) is 5.31. The highest BCUT2D eigenvalue weighted by molar-refractivity contribution is 5.91. The zero-order valence-electron chi connectivity index (χ0n) is 19.3. The van der Waals surface area contributed by atoms with Crippen molar-refractivity contribution in [3.05, 3.63) is 52.2 Å². The van der Waals surface area contributed by atoms with E-state index in [4.69, 9.17) is 4.98 Å². The Balaban J connectivity index is 1.56. The van der Waals surface area contributed by atoms with Crippen LogP contribution in [0.4, 0.5) is 23.4 Å². The van der Waals surface area contributed by atoms with Crippen LogP contribution < -0.4 is 5.32 Å². The number of nitrogens with zero attached hydrogens (tertiary/aromatic N) is 4. The number of likely N-dealkylation sites (N-methyl/N-ethyl adjacent to an activating group) is 1. The van der Waals surface area contributed by atoms with E-state index in [1.165, 1.54) is 12.1 Å². The molecule has 1 amide bonds. The summed E-state index contributed by atoms with van der Waals surface area (Å²) in [7, 11) is 1.98. The third-order valence-electron chi connectivity index (χ3n) is 7.17. The van der Waals surface area contributed by atoms with Crippen LogP contribution >= 0.6 is 0 Å². The molecular formula is C24H27F4N5O. The van der Waals surface area contributed by atoms with Crippen molar-refractivity contribution in [3.8, 4) is 0 Å². The van der Waals surface area contributed by atoms with E-state index in [9.17, 15) is 22.4 Å². The number of aromatic nitrogens is 2. The van der Waals surface area contributed by atoms with Gasteiger partial charge in [0.25, 0.3) is 0 Å². The number of rotatable bonds is 4. The Labute approximate surface area is 195 Å². The van der Waals surface area contributed by atoms with E-state index >= 15 is 0 Å². The second-order valence-corrected chi connectivity index (χ2v) is 9.75. The highest BCUT2D eigenvalue weighted by atomic mass is 19.4. The molecule has 1 aromatic carbocycles.